The number of rotatable bonds is 9. The Hall–Kier alpha value is -3.15. The van der Waals surface area contributed by atoms with Gasteiger partial charge in [-0.15, -0.1) is 0 Å². The Morgan fingerprint density at radius 1 is 0.889 bits per heavy atom. The maximum atomic E-state index is 12.2. The normalized spacial score (nSPS) is 10.1. The summed E-state index contributed by atoms with van der Waals surface area (Å²) in [5.41, 5.74) is 1.37. The van der Waals surface area contributed by atoms with E-state index in [1.54, 1.807) is 48.5 Å². The zero-order valence-electron chi connectivity index (χ0n) is 15.5. The third-order valence-corrected chi connectivity index (χ3v) is 3.70. The molecule has 0 unspecified atom stereocenters. The number of esters is 1. The van der Waals surface area contributed by atoms with Crippen molar-refractivity contribution in [2.45, 2.75) is 26.7 Å². The van der Waals surface area contributed by atoms with Crippen molar-refractivity contribution in [1.82, 2.24) is 0 Å². The van der Waals surface area contributed by atoms with Crippen LogP contribution in [0.25, 0.3) is 0 Å². The van der Waals surface area contributed by atoms with E-state index in [-0.39, 0.29) is 18.3 Å². The van der Waals surface area contributed by atoms with Gasteiger partial charge in [-0.1, -0.05) is 6.92 Å². The molecule has 6 nitrogen and oxygen atoms in total. The van der Waals surface area contributed by atoms with Gasteiger partial charge in [-0.25, -0.2) is 4.79 Å². The predicted molar refractivity (Wildman–Crippen MR) is 102 cm³/mol. The number of carbonyl (C=O) groups excluding carboxylic acids is 3. The summed E-state index contributed by atoms with van der Waals surface area (Å²) in [5, 5.41) is 2.75. The van der Waals surface area contributed by atoms with E-state index in [0.29, 0.717) is 35.6 Å². The molecule has 1 N–H and O–H groups in total. The fraction of sp³-hybridized carbons (Fsp3) is 0.286. The molecule has 0 aliphatic carbocycles. The van der Waals surface area contributed by atoms with Gasteiger partial charge in [0.05, 0.1) is 12.2 Å². The minimum absolute atomic E-state index is 0.0686. The minimum atomic E-state index is -0.574. The molecule has 0 radical (unpaired) electrons. The van der Waals surface area contributed by atoms with Crippen molar-refractivity contribution in [3.63, 3.8) is 0 Å². The Kier molecular flexibility index (Phi) is 7.55. The second-order valence-corrected chi connectivity index (χ2v) is 5.83. The standard InChI is InChI=1S/C21H23NO5/c1-3-5-20(24)22-17-10-6-15(7-11-17)19(23)14-27-21(25)16-8-12-18(13-9-16)26-4-2/h6-13H,3-5,14H2,1-2H3,(H,22,24). The van der Waals surface area contributed by atoms with Gasteiger partial charge in [-0.3, -0.25) is 9.59 Å². The Bertz CT molecular complexity index is 781. The number of anilines is 1. The van der Waals surface area contributed by atoms with Crippen LogP contribution in [0.5, 0.6) is 5.75 Å². The molecular formula is C21H23NO5. The molecule has 0 bridgehead atoms. The quantitative estimate of drug-likeness (QED) is 0.536. The number of benzene rings is 2. The maximum absolute atomic E-state index is 12.2. The molecule has 0 aliphatic heterocycles. The number of nitrogens with one attached hydrogen (secondary N) is 1. The monoisotopic (exact) mass is 369 g/mol. The third kappa shape index (κ3) is 6.26. The molecule has 2 aromatic carbocycles. The molecule has 0 saturated heterocycles. The molecule has 27 heavy (non-hydrogen) atoms. The first kappa shape index (κ1) is 20.2. The van der Waals surface area contributed by atoms with E-state index in [1.807, 2.05) is 13.8 Å². The van der Waals surface area contributed by atoms with Crippen molar-refractivity contribution in [3.05, 3.63) is 59.7 Å². The van der Waals surface area contributed by atoms with Crippen LogP contribution in [0.3, 0.4) is 0 Å². The maximum Gasteiger partial charge on any atom is 0.338 e. The van der Waals surface area contributed by atoms with Crippen LogP contribution in [0.2, 0.25) is 0 Å². The molecule has 0 atom stereocenters. The molecular weight excluding hydrogens is 346 g/mol. The zero-order valence-corrected chi connectivity index (χ0v) is 15.5. The second-order valence-electron chi connectivity index (χ2n) is 5.83. The molecule has 0 aliphatic rings. The van der Waals surface area contributed by atoms with Gasteiger partial charge in [-0.2, -0.15) is 0 Å². The predicted octanol–water partition coefficient (Wildman–Crippen LogP) is 3.86. The van der Waals surface area contributed by atoms with E-state index in [9.17, 15) is 14.4 Å². The average molecular weight is 369 g/mol. The van der Waals surface area contributed by atoms with Crippen molar-refractivity contribution in [3.8, 4) is 5.75 Å². The summed E-state index contributed by atoms with van der Waals surface area (Å²) >= 11 is 0. The number of amides is 1. The fourth-order valence-corrected chi connectivity index (χ4v) is 2.34. The van der Waals surface area contributed by atoms with Crippen molar-refractivity contribution in [2.24, 2.45) is 0 Å². The molecule has 142 valence electrons. The Morgan fingerprint density at radius 3 is 2.11 bits per heavy atom. The summed E-state index contributed by atoms with van der Waals surface area (Å²) in [4.78, 5) is 35.8. The molecule has 1 amide bonds. The van der Waals surface area contributed by atoms with E-state index < -0.39 is 5.97 Å². The molecule has 0 aromatic heterocycles. The van der Waals surface area contributed by atoms with Crippen molar-refractivity contribution < 1.29 is 23.9 Å². The van der Waals surface area contributed by atoms with Crippen LogP contribution in [-0.4, -0.2) is 30.9 Å². The van der Waals surface area contributed by atoms with E-state index in [4.69, 9.17) is 9.47 Å². The van der Waals surface area contributed by atoms with Gasteiger partial charge < -0.3 is 14.8 Å². The number of ketones is 1. The van der Waals surface area contributed by atoms with E-state index in [2.05, 4.69) is 5.32 Å². The van der Waals surface area contributed by atoms with Crippen LogP contribution in [-0.2, 0) is 9.53 Å². The lowest BCUT2D eigenvalue weighted by Crippen LogP contribution is -2.14. The van der Waals surface area contributed by atoms with Gasteiger partial charge in [0.25, 0.3) is 0 Å². The lowest BCUT2D eigenvalue weighted by atomic mass is 10.1. The number of carbonyl (C=O) groups is 3. The van der Waals surface area contributed by atoms with Crippen LogP contribution in [0.15, 0.2) is 48.5 Å². The lowest BCUT2D eigenvalue weighted by molar-refractivity contribution is -0.116. The molecule has 0 heterocycles. The first-order valence-electron chi connectivity index (χ1n) is 8.86. The highest BCUT2D eigenvalue weighted by atomic mass is 16.5. The molecule has 0 fully saturated rings. The third-order valence-electron chi connectivity index (χ3n) is 3.70. The van der Waals surface area contributed by atoms with Crippen LogP contribution in [0.1, 0.15) is 47.4 Å². The summed E-state index contributed by atoms with van der Waals surface area (Å²) in [6.07, 6.45) is 1.21. The van der Waals surface area contributed by atoms with Crippen LogP contribution < -0.4 is 10.1 Å². The smallest absolute Gasteiger partial charge is 0.338 e. The van der Waals surface area contributed by atoms with Crippen molar-refractivity contribution in [2.75, 3.05) is 18.5 Å². The molecule has 2 aromatic rings. The molecule has 0 spiro atoms. The lowest BCUT2D eigenvalue weighted by Gasteiger charge is -2.07. The summed E-state index contributed by atoms with van der Waals surface area (Å²) in [7, 11) is 0. The number of Topliss-reactive ketones (excluding diaryl/α,β-unsaturated/α-hetero) is 1. The number of ether oxygens (including phenoxy) is 2. The van der Waals surface area contributed by atoms with Crippen LogP contribution in [0, 0.1) is 0 Å². The topological polar surface area (TPSA) is 81.7 Å². The highest BCUT2D eigenvalue weighted by molar-refractivity contribution is 6.00. The van der Waals surface area contributed by atoms with E-state index in [1.165, 1.54) is 0 Å². The number of hydrogen-bond acceptors (Lipinski definition) is 5. The van der Waals surface area contributed by atoms with Gasteiger partial charge in [0.15, 0.2) is 12.4 Å². The minimum Gasteiger partial charge on any atom is -0.494 e. The van der Waals surface area contributed by atoms with Gasteiger partial charge in [0, 0.05) is 17.7 Å². The Morgan fingerprint density at radius 2 is 1.52 bits per heavy atom. The molecule has 0 saturated carbocycles. The van der Waals surface area contributed by atoms with Crippen LogP contribution >= 0.6 is 0 Å². The van der Waals surface area contributed by atoms with Crippen LogP contribution in [0.4, 0.5) is 5.69 Å². The van der Waals surface area contributed by atoms with E-state index in [0.717, 1.165) is 6.42 Å². The highest BCUT2D eigenvalue weighted by Gasteiger charge is 2.12. The van der Waals surface area contributed by atoms with Crippen molar-refractivity contribution >= 4 is 23.3 Å². The summed E-state index contributed by atoms with van der Waals surface area (Å²) in [5.74, 6) is -0.298. The Labute approximate surface area is 158 Å². The Balaban J connectivity index is 1.87. The summed E-state index contributed by atoms with van der Waals surface area (Å²) in [6, 6.07) is 13.0. The second kappa shape index (κ2) is 10.1. The van der Waals surface area contributed by atoms with Gasteiger partial charge in [0.1, 0.15) is 5.75 Å². The summed E-state index contributed by atoms with van der Waals surface area (Å²) in [6.45, 7) is 3.99. The van der Waals surface area contributed by atoms with Gasteiger partial charge in [0.2, 0.25) is 5.91 Å². The van der Waals surface area contributed by atoms with Gasteiger partial charge >= 0.3 is 5.97 Å². The van der Waals surface area contributed by atoms with Crippen molar-refractivity contribution in [1.29, 1.82) is 0 Å². The highest BCUT2D eigenvalue weighted by Crippen LogP contribution is 2.14. The van der Waals surface area contributed by atoms with E-state index >= 15 is 0 Å². The summed E-state index contributed by atoms with van der Waals surface area (Å²) < 4.78 is 10.4. The fourth-order valence-electron chi connectivity index (χ4n) is 2.34. The van der Waals surface area contributed by atoms with Gasteiger partial charge in [-0.05, 0) is 61.9 Å². The average Bonchev–Trinajstić information content (AvgIpc) is 2.67. The zero-order chi connectivity index (χ0) is 19.6. The molecule has 6 heteroatoms. The SMILES string of the molecule is CCCC(=O)Nc1ccc(C(=O)COC(=O)c2ccc(OCC)cc2)cc1. The first-order chi connectivity index (χ1) is 13.0. The first-order valence-corrected chi connectivity index (χ1v) is 8.86. The largest absolute Gasteiger partial charge is 0.494 e. The molecule has 2 rings (SSSR count). The number of hydrogen-bond donors (Lipinski definition) is 1.